The largest absolute Gasteiger partial charge is 0.508 e. The second-order valence-corrected chi connectivity index (χ2v) is 6.46. The molecule has 1 rings (SSSR count). The summed E-state index contributed by atoms with van der Waals surface area (Å²) >= 11 is 0. The zero-order valence-corrected chi connectivity index (χ0v) is 14.1. The molecule has 0 aliphatic carbocycles. The predicted molar refractivity (Wildman–Crippen MR) is 92.2 cm³/mol. The van der Waals surface area contributed by atoms with Crippen molar-refractivity contribution in [2.75, 3.05) is 6.54 Å². The summed E-state index contributed by atoms with van der Waals surface area (Å²) in [4.78, 5) is 11.8. The van der Waals surface area contributed by atoms with E-state index in [-0.39, 0.29) is 11.7 Å². The van der Waals surface area contributed by atoms with Gasteiger partial charge < -0.3 is 10.4 Å². The number of phenolic OH excluding ortho intramolecular Hbond substituents is 1. The highest BCUT2D eigenvalue weighted by molar-refractivity contribution is 5.94. The summed E-state index contributed by atoms with van der Waals surface area (Å²) in [7, 11) is 0. The fourth-order valence-corrected chi connectivity index (χ4v) is 2.48. The maximum Gasteiger partial charge on any atom is 0.251 e. The lowest BCUT2D eigenvalue weighted by atomic mass is 10.0. The van der Waals surface area contributed by atoms with E-state index in [1.54, 1.807) is 12.1 Å². The number of amides is 1. The molecule has 0 aliphatic heterocycles. The molecular formula is C19H31NO2. The van der Waals surface area contributed by atoms with Crippen LogP contribution in [0.15, 0.2) is 24.3 Å². The minimum atomic E-state index is -0.0614. The third-order valence-corrected chi connectivity index (χ3v) is 3.87. The smallest absolute Gasteiger partial charge is 0.251 e. The van der Waals surface area contributed by atoms with Gasteiger partial charge in [-0.2, -0.15) is 0 Å². The quantitative estimate of drug-likeness (QED) is 0.571. The van der Waals surface area contributed by atoms with Crippen LogP contribution >= 0.6 is 0 Å². The van der Waals surface area contributed by atoms with Crippen LogP contribution in [0.1, 0.15) is 75.6 Å². The minimum Gasteiger partial charge on any atom is -0.508 e. The fraction of sp³-hybridized carbons (Fsp3) is 0.632. The molecular weight excluding hydrogens is 274 g/mol. The van der Waals surface area contributed by atoms with Gasteiger partial charge in [0.1, 0.15) is 5.75 Å². The van der Waals surface area contributed by atoms with E-state index < -0.39 is 0 Å². The Hall–Kier alpha value is -1.51. The molecule has 0 bridgehead atoms. The van der Waals surface area contributed by atoms with Crippen molar-refractivity contribution < 1.29 is 9.90 Å². The van der Waals surface area contributed by atoms with Crippen LogP contribution in [0, 0.1) is 5.92 Å². The Balaban J connectivity index is 1.95. The lowest BCUT2D eigenvalue weighted by molar-refractivity contribution is 0.0953. The second-order valence-electron chi connectivity index (χ2n) is 6.46. The third kappa shape index (κ3) is 8.71. The molecule has 1 aromatic rings. The highest BCUT2D eigenvalue weighted by Gasteiger charge is 2.03. The first kappa shape index (κ1) is 18.5. The van der Waals surface area contributed by atoms with Crippen LogP contribution in [-0.2, 0) is 0 Å². The monoisotopic (exact) mass is 305 g/mol. The Kier molecular flexibility index (Phi) is 9.36. The average Bonchev–Trinajstić information content (AvgIpc) is 2.49. The number of hydrogen-bond donors (Lipinski definition) is 2. The molecule has 0 aliphatic rings. The van der Waals surface area contributed by atoms with Gasteiger partial charge in [-0.05, 0) is 36.6 Å². The number of benzene rings is 1. The van der Waals surface area contributed by atoms with Gasteiger partial charge in [-0.3, -0.25) is 4.79 Å². The summed E-state index contributed by atoms with van der Waals surface area (Å²) in [5, 5.41) is 12.1. The zero-order chi connectivity index (χ0) is 16.2. The van der Waals surface area contributed by atoms with Gasteiger partial charge in [-0.25, -0.2) is 0 Å². The maximum atomic E-state index is 11.8. The summed E-state index contributed by atoms with van der Waals surface area (Å²) in [6.45, 7) is 5.30. The molecule has 0 saturated carbocycles. The lowest BCUT2D eigenvalue weighted by Crippen LogP contribution is -2.24. The highest BCUT2D eigenvalue weighted by atomic mass is 16.3. The van der Waals surface area contributed by atoms with Crippen molar-refractivity contribution in [3.05, 3.63) is 29.8 Å². The van der Waals surface area contributed by atoms with Crippen molar-refractivity contribution >= 4 is 5.91 Å². The number of hydrogen-bond acceptors (Lipinski definition) is 2. The SMILES string of the molecule is CC(C)CCCCCCCCCNC(=O)c1ccc(O)cc1. The van der Waals surface area contributed by atoms with Gasteiger partial charge >= 0.3 is 0 Å². The van der Waals surface area contributed by atoms with E-state index in [4.69, 9.17) is 0 Å². The normalized spacial score (nSPS) is 10.9. The molecule has 0 heterocycles. The molecule has 22 heavy (non-hydrogen) atoms. The predicted octanol–water partition coefficient (Wildman–Crippen LogP) is 4.90. The van der Waals surface area contributed by atoms with Gasteiger partial charge in [-0.15, -0.1) is 0 Å². The van der Waals surface area contributed by atoms with Crippen molar-refractivity contribution in [1.82, 2.24) is 5.32 Å². The van der Waals surface area contributed by atoms with Crippen molar-refractivity contribution in [2.24, 2.45) is 5.92 Å². The first-order chi connectivity index (χ1) is 10.6. The Morgan fingerprint density at radius 1 is 0.955 bits per heavy atom. The molecule has 0 fully saturated rings. The Morgan fingerprint density at radius 3 is 2.09 bits per heavy atom. The van der Waals surface area contributed by atoms with E-state index in [0.717, 1.165) is 18.9 Å². The van der Waals surface area contributed by atoms with E-state index in [1.807, 2.05) is 0 Å². The number of unbranched alkanes of at least 4 members (excludes halogenated alkanes) is 6. The van der Waals surface area contributed by atoms with Crippen molar-refractivity contribution in [1.29, 1.82) is 0 Å². The molecule has 0 unspecified atom stereocenters. The number of aromatic hydroxyl groups is 1. The molecule has 0 aromatic heterocycles. The van der Waals surface area contributed by atoms with Crippen LogP contribution < -0.4 is 5.32 Å². The van der Waals surface area contributed by atoms with Crippen LogP contribution in [0.3, 0.4) is 0 Å². The Bertz CT molecular complexity index is 412. The van der Waals surface area contributed by atoms with Crippen LogP contribution in [0.2, 0.25) is 0 Å². The van der Waals surface area contributed by atoms with Crippen LogP contribution in [-0.4, -0.2) is 17.6 Å². The molecule has 0 atom stereocenters. The molecule has 3 heteroatoms. The number of carbonyl (C=O) groups excluding carboxylic acids is 1. The van der Waals surface area contributed by atoms with E-state index in [9.17, 15) is 9.90 Å². The van der Waals surface area contributed by atoms with E-state index in [2.05, 4.69) is 19.2 Å². The molecule has 124 valence electrons. The molecule has 2 N–H and O–H groups in total. The summed E-state index contributed by atoms with van der Waals surface area (Å²) < 4.78 is 0. The second kappa shape index (κ2) is 11.1. The van der Waals surface area contributed by atoms with E-state index in [1.165, 1.54) is 57.1 Å². The van der Waals surface area contributed by atoms with Gasteiger partial charge in [0.2, 0.25) is 0 Å². The topological polar surface area (TPSA) is 49.3 Å². The molecule has 1 amide bonds. The van der Waals surface area contributed by atoms with Gasteiger partial charge in [0.15, 0.2) is 0 Å². The fourth-order valence-electron chi connectivity index (χ4n) is 2.48. The van der Waals surface area contributed by atoms with Gasteiger partial charge in [0.05, 0.1) is 0 Å². The van der Waals surface area contributed by atoms with E-state index >= 15 is 0 Å². The average molecular weight is 305 g/mol. The molecule has 1 aromatic carbocycles. The maximum absolute atomic E-state index is 11.8. The minimum absolute atomic E-state index is 0.0614. The molecule has 3 nitrogen and oxygen atoms in total. The molecule has 0 saturated heterocycles. The first-order valence-corrected chi connectivity index (χ1v) is 8.67. The van der Waals surface area contributed by atoms with Crippen LogP contribution in [0.5, 0.6) is 5.75 Å². The lowest BCUT2D eigenvalue weighted by Gasteiger charge is -2.06. The summed E-state index contributed by atoms with van der Waals surface area (Å²) in [6.07, 6.45) is 10.2. The molecule has 0 spiro atoms. The summed E-state index contributed by atoms with van der Waals surface area (Å²) in [5.41, 5.74) is 0.600. The number of phenols is 1. The molecule has 0 radical (unpaired) electrons. The Labute approximate surface area is 135 Å². The van der Waals surface area contributed by atoms with Crippen molar-refractivity contribution in [2.45, 2.75) is 65.2 Å². The van der Waals surface area contributed by atoms with Gasteiger partial charge in [0.25, 0.3) is 5.91 Å². The summed E-state index contributed by atoms with van der Waals surface area (Å²) in [5.74, 6) is 0.954. The van der Waals surface area contributed by atoms with Gasteiger partial charge in [0, 0.05) is 12.1 Å². The van der Waals surface area contributed by atoms with Gasteiger partial charge in [-0.1, -0.05) is 58.8 Å². The third-order valence-electron chi connectivity index (χ3n) is 3.87. The zero-order valence-electron chi connectivity index (χ0n) is 14.1. The summed E-state index contributed by atoms with van der Waals surface area (Å²) in [6, 6.07) is 6.35. The number of carbonyl (C=O) groups is 1. The van der Waals surface area contributed by atoms with E-state index in [0.29, 0.717) is 5.56 Å². The van der Waals surface area contributed by atoms with Crippen LogP contribution in [0.4, 0.5) is 0 Å². The highest BCUT2D eigenvalue weighted by Crippen LogP contribution is 2.12. The van der Waals surface area contributed by atoms with Crippen LogP contribution in [0.25, 0.3) is 0 Å². The number of nitrogens with one attached hydrogen (secondary N) is 1. The number of rotatable bonds is 11. The first-order valence-electron chi connectivity index (χ1n) is 8.67. The van der Waals surface area contributed by atoms with Crippen molar-refractivity contribution in [3.8, 4) is 5.75 Å². The van der Waals surface area contributed by atoms with Crippen molar-refractivity contribution in [3.63, 3.8) is 0 Å². The standard InChI is InChI=1S/C19H31NO2/c1-16(2)10-8-6-4-3-5-7-9-15-20-19(22)17-11-13-18(21)14-12-17/h11-14,16,21H,3-10,15H2,1-2H3,(H,20,22). The Morgan fingerprint density at radius 2 is 1.50 bits per heavy atom.